The summed E-state index contributed by atoms with van der Waals surface area (Å²) in [5, 5.41) is 13.0. The van der Waals surface area contributed by atoms with Gasteiger partial charge in [0.15, 0.2) is 0 Å². The predicted octanol–water partition coefficient (Wildman–Crippen LogP) is 3.29. The maximum Gasteiger partial charge on any atom is 0.225 e. The van der Waals surface area contributed by atoms with Crippen LogP contribution in [0.25, 0.3) is 0 Å². The second-order valence-electron chi connectivity index (χ2n) is 6.65. The van der Waals surface area contributed by atoms with Gasteiger partial charge in [-0.3, -0.25) is 4.79 Å². The molecule has 0 radical (unpaired) electrons. The molecule has 0 spiro atoms. The lowest BCUT2D eigenvalue weighted by Gasteiger charge is -2.21. The Kier molecular flexibility index (Phi) is 5.65. The van der Waals surface area contributed by atoms with E-state index in [0.29, 0.717) is 6.54 Å². The summed E-state index contributed by atoms with van der Waals surface area (Å²) < 4.78 is 0. The number of nitrogens with one attached hydrogen (secondary N) is 1. The quantitative estimate of drug-likeness (QED) is 0.857. The Morgan fingerprint density at radius 1 is 1.04 bits per heavy atom. The molecular weight excluding hydrogens is 298 g/mol. The highest BCUT2D eigenvalue weighted by Gasteiger charge is 2.31. The van der Waals surface area contributed by atoms with E-state index in [1.54, 1.807) is 0 Å². The molecule has 24 heavy (non-hydrogen) atoms. The van der Waals surface area contributed by atoms with Gasteiger partial charge in [0, 0.05) is 12.5 Å². The molecule has 1 aliphatic rings. The first-order valence-electron chi connectivity index (χ1n) is 8.78. The van der Waals surface area contributed by atoms with Crippen LogP contribution in [0.5, 0.6) is 0 Å². The first-order valence-corrected chi connectivity index (χ1v) is 8.78. The minimum absolute atomic E-state index is 0.00556. The molecule has 0 heterocycles. The average Bonchev–Trinajstić information content (AvgIpc) is 3.06. The van der Waals surface area contributed by atoms with Gasteiger partial charge in [-0.05, 0) is 36.8 Å². The van der Waals surface area contributed by atoms with Crippen LogP contribution < -0.4 is 5.32 Å². The first-order chi connectivity index (χ1) is 11.7. The van der Waals surface area contributed by atoms with Crippen molar-refractivity contribution in [1.29, 1.82) is 0 Å². The predicted molar refractivity (Wildman–Crippen MR) is 95.7 cm³/mol. The lowest BCUT2D eigenvalue weighted by molar-refractivity contribution is -0.127. The van der Waals surface area contributed by atoms with E-state index in [-0.39, 0.29) is 17.7 Å². The largest absolute Gasteiger partial charge is 0.392 e. The Bertz CT molecular complexity index is 641. The fourth-order valence-corrected chi connectivity index (χ4v) is 3.53. The summed E-state index contributed by atoms with van der Waals surface area (Å²) in [5.41, 5.74) is 2.50. The minimum atomic E-state index is -0.478. The maximum absolute atomic E-state index is 12.4. The van der Waals surface area contributed by atoms with Gasteiger partial charge in [-0.15, -0.1) is 0 Å². The summed E-state index contributed by atoms with van der Waals surface area (Å²) in [7, 11) is 0. The van der Waals surface area contributed by atoms with E-state index >= 15 is 0 Å². The van der Waals surface area contributed by atoms with Crippen LogP contribution >= 0.6 is 0 Å². The molecule has 126 valence electrons. The van der Waals surface area contributed by atoms with Gasteiger partial charge in [-0.2, -0.15) is 0 Å². The van der Waals surface area contributed by atoms with Crippen LogP contribution in [0.4, 0.5) is 0 Å². The van der Waals surface area contributed by atoms with Gasteiger partial charge in [0.25, 0.3) is 0 Å². The number of hydrogen-bond acceptors (Lipinski definition) is 2. The van der Waals surface area contributed by atoms with Crippen LogP contribution in [0, 0.1) is 5.92 Å². The summed E-state index contributed by atoms with van der Waals surface area (Å²) in [6, 6.07) is 20.7. The Hall–Kier alpha value is -2.13. The lowest BCUT2D eigenvalue weighted by Crippen LogP contribution is -2.37. The molecule has 0 saturated heterocycles. The van der Waals surface area contributed by atoms with E-state index in [9.17, 15) is 9.90 Å². The third kappa shape index (κ3) is 4.24. The van der Waals surface area contributed by atoms with Crippen molar-refractivity contribution in [3.8, 4) is 0 Å². The molecule has 2 aromatic rings. The fourth-order valence-electron chi connectivity index (χ4n) is 3.53. The molecule has 1 amide bonds. The number of aliphatic hydroxyl groups excluding tert-OH is 1. The van der Waals surface area contributed by atoms with Crippen molar-refractivity contribution >= 4 is 5.91 Å². The van der Waals surface area contributed by atoms with Crippen LogP contribution in [0.3, 0.4) is 0 Å². The standard InChI is InChI=1S/C21H25NO2/c23-20-13-7-12-19(20)21(24)22-15-18(17-10-5-2-6-11-17)14-16-8-3-1-4-9-16/h1-6,8-11,18-20,23H,7,12-15H2,(H,22,24). The highest BCUT2D eigenvalue weighted by Crippen LogP contribution is 2.26. The molecule has 0 aliphatic heterocycles. The summed E-state index contributed by atoms with van der Waals surface area (Å²) in [4.78, 5) is 12.4. The number of benzene rings is 2. The SMILES string of the molecule is O=C(NCC(Cc1ccccc1)c1ccccc1)C1CCCC1O. The number of carbonyl (C=O) groups is 1. The maximum atomic E-state index is 12.4. The summed E-state index contributed by atoms with van der Waals surface area (Å²) in [6.45, 7) is 0.598. The Balaban J connectivity index is 1.67. The zero-order chi connectivity index (χ0) is 16.8. The third-order valence-corrected chi connectivity index (χ3v) is 4.93. The topological polar surface area (TPSA) is 49.3 Å². The molecule has 2 aromatic carbocycles. The zero-order valence-electron chi connectivity index (χ0n) is 13.9. The molecule has 3 nitrogen and oxygen atoms in total. The summed E-state index contributed by atoms with van der Waals surface area (Å²) >= 11 is 0. The zero-order valence-corrected chi connectivity index (χ0v) is 13.9. The van der Waals surface area contributed by atoms with Crippen molar-refractivity contribution in [3.05, 3.63) is 71.8 Å². The molecule has 3 heteroatoms. The first kappa shape index (κ1) is 16.7. The third-order valence-electron chi connectivity index (χ3n) is 4.93. The molecule has 0 bridgehead atoms. The fraction of sp³-hybridized carbons (Fsp3) is 0.381. The number of aliphatic hydroxyl groups is 1. The van der Waals surface area contributed by atoms with Crippen molar-refractivity contribution in [1.82, 2.24) is 5.32 Å². The smallest absolute Gasteiger partial charge is 0.225 e. The van der Waals surface area contributed by atoms with Gasteiger partial charge in [0.2, 0.25) is 5.91 Å². The number of hydrogen-bond donors (Lipinski definition) is 2. The Morgan fingerprint density at radius 3 is 2.33 bits per heavy atom. The normalized spacial score (nSPS) is 21.4. The Morgan fingerprint density at radius 2 is 1.71 bits per heavy atom. The summed E-state index contributed by atoms with van der Waals surface area (Å²) in [5.74, 6) is -0.0109. The van der Waals surface area contributed by atoms with Crippen molar-refractivity contribution in [2.45, 2.75) is 37.7 Å². The van der Waals surface area contributed by atoms with Crippen molar-refractivity contribution < 1.29 is 9.90 Å². The van der Waals surface area contributed by atoms with Crippen LogP contribution in [0.1, 0.15) is 36.3 Å². The molecule has 2 N–H and O–H groups in total. The van der Waals surface area contributed by atoms with Crippen molar-refractivity contribution in [2.24, 2.45) is 5.92 Å². The number of rotatable bonds is 6. The second-order valence-corrected chi connectivity index (χ2v) is 6.65. The highest BCUT2D eigenvalue weighted by molar-refractivity contribution is 5.79. The second kappa shape index (κ2) is 8.11. The summed E-state index contributed by atoms with van der Waals surface area (Å²) in [6.07, 6.45) is 2.88. The number of carbonyl (C=O) groups excluding carboxylic acids is 1. The van der Waals surface area contributed by atoms with Gasteiger partial charge < -0.3 is 10.4 Å². The molecule has 3 unspecified atom stereocenters. The van der Waals surface area contributed by atoms with Gasteiger partial charge >= 0.3 is 0 Å². The van der Waals surface area contributed by atoms with Crippen LogP contribution in [-0.2, 0) is 11.2 Å². The van der Waals surface area contributed by atoms with Crippen LogP contribution in [0.2, 0.25) is 0 Å². The molecular formula is C21H25NO2. The average molecular weight is 323 g/mol. The van der Waals surface area contributed by atoms with Crippen molar-refractivity contribution in [3.63, 3.8) is 0 Å². The van der Waals surface area contributed by atoms with Crippen LogP contribution in [-0.4, -0.2) is 23.7 Å². The molecule has 1 fully saturated rings. The van der Waals surface area contributed by atoms with Gasteiger partial charge in [-0.25, -0.2) is 0 Å². The molecule has 3 rings (SSSR count). The van der Waals surface area contributed by atoms with Gasteiger partial charge in [-0.1, -0.05) is 60.7 Å². The minimum Gasteiger partial charge on any atom is -0.392 e. The van der Waals surface area contributed by atoms with Gasteiger partial charge in [0.1, 0.15) is 0 Å². The molecule has 1 aliphatic carbocycles. The monoisotopic (exact) mass is 323 g/mol. The van der Waals surface area contributed by atoms with E-state index in [1.165, 1.54) is 11.1 Å². The van der Waals surface area contributed by atoms with E-state index in [4.69, 9.17) is 0 Å². The highest BCUT2D eigenvalue weighted by atomic mass is 16.3. The molecule has 0 aromatic heterocycles. The van der Waals surface area contributed by atoms with Gasteiger partial charge in [0.05, 0.1) is 12.0 Å². The van der Waals surface area contributed by atoms with Crippen LogP contribution in [0.15, 0.2) is 60.7 Å². The van der Waals surface area contributed by atoms with E-state index in [1.807, 2.05) is 36.4 Å². The molecule has 3 atom stereocenters. The number of amides is 1. The lowest BCUT2D eigenvalue weighted by atomic mass is 9.91. The Labute approximate surface area is 143 Å². The van der Waals surface area contributed by atoms with Crippen molar-refractivity contribution in [2.75, 3.05) is 6.54 Å². The van der Waals surface area contributed by atoms with E-state index < -0.39 is 6.10 Å². The van der Waals surface area contributed by atoms with E-state index in [0.717, 1.165) is 25.7 Å². The van der Waals surface area contributed by atoms with E-state index in [2.05, 4.69) is 29.6 Å². The molecule has 1 saturated carbocycles.